The summed E-state index contributed by atoms with van der Waals surface area (Å²) in [5.41, 5.74) is 7.50. The lowest BCUT2D eigenvalue weighted by Crippen LogP contribution is -2.31. The molecule has 4 aromatic rings. The van der Waals surface area contributed by atoms with Gasteiger partial charge in [0.2, 0.25) is 0 Å². The number of hydrogen-bond acceptors (Lipinski definition) is 10. The van der Waals surface area contributed by atoms with E-state index < -0.39 is 5.97 Å². The van der Waals surface area contributed by atoms with Crippen molar-refractivity contribution < 1.29 is 43.2 Å². The molecule has 3 N–H and O–H groups in total. The van der Waals surface area contributed by atoms with Gasteiger partial charge < -0.3 is 44.3 Å². The first kappa shape index (κ1) is 45.9. The van der Waals surface area contributed by atoms with Gasteiger partial charge in [-0.25, -0.2) is 0 Å². The summed E-state index contributed by atoms with van der Waals surface area (Å²) < 4.78 is 27.3. The number of fused-ring (bicyclic) bond motifs is 1. The molecule has 3 aromatic carbocycles. The van der Waals surface area contributed by atoms with Crippen LogP contribution in [0, 0.1) is 0 Å². The van der Waals surface area contributed by atoms with E-state index in [0.717, 1.165) is 62.0 Å². The highest BCUT2D eigenvalue weighted by molar-refractivity contribution is 6.06. The molecule has 1 aliphatic rings. The van der Waals surface area contributed by atoms with E-state index in [1.807, 2.05) is 54.6 Å². The normalized spacial score (nSPS) is 13.4. The number of benzene rings is 3. The van der Waals surface area contributed by atoms with Crippen molar-refractivity contribution in [2.24, 2.45) is 0 Å². The van der Waals surface area contributed by atoms with Crippen LogP contribution in [0.1, 0.15) is 83.0 Å². The first-order valence-corrected chi connectivity index (χ1v) is 21.1. The predicted octanol–water partition coefficient (Wildman–Crippen LogP) is 7.14. The van der Waals surface area contributed by atoms with Crippen LogP contribution in [0.15, 0.2) is 85.1 Å². The van der Waals surface area contributed by atoms with Gasteiger partial charge in [-0.15, -0.1) is 0 Å². The van der Waals surface area contributed by atoms with Crippen LogP contribution in [0.25, 0.3) is 11.3 Å². The lowest BCUT2D eigenvalue weighted by atomic mass is 9.87. The predicted molar refractivity (Wildman–Crippen MR) is 232 cm³/mol. The van der Waals surface area contributed by atoms with Crippen LogP contribution in [-0.2, 0) is 41.3 Å². The molecular weight excluding hydrogens is 765 g/mol. The number of amides is 2. The van der Waals surface area contributed by atoms with Crippen LogP contribution >= 0.6 is 0 Å². The Balaban J connectivity index is 1.08. The third-order valence-electron chi connectivity index (χ3n) is 10.2. The van der Waals surface area contributed by atoms with Crippen LogP contribution in [0.5, 0.6) is 0 Å². The third-order valence-corrected chi connectivity index (χ3v) is 10.2. The topological polar surface area (TPSA) is 158 Å². The Hall–Kier alpha value is -5.18. The molecule has 1 aromatic heterocycles. The first-order valence-electron chi connectivity index (χ1n) is 21.1. The fourth-order valence-corrected chi connectivity index (χ4v) is 7.09. The molecule has 0 saturated heterocycles. The zero-order valence-electron chi connectivity index (χ0n) is 35.0. The Morgan fingerprint density at radius 2 is 1.40 bits per heavy atom. The van der Waals surface area contributed by atoms with Crippen molar-refractivity contribution in [1.82, 2.24) is 10.3 Å². The van der Waals surface area contributed by atoms with Gasteiger partial charge in [0.1, 0.15) is 0 Å². The molecule has 0 fully saturated rings. The number of carboxylic acid groups (broad SMARTS) is 1. The maximum Gasteiger partial charge on any atom is 0.305 e. The van der Waals surface area contributed by atoms with E-state index in [-0.39, 0.29) is 30.9 Å². The summed E-state index contributed by atoms with van der Waals surface area (Å²) in [4.78, 5) is 44.8. The highest BCUT2D eigenvalue weighted by atomic mass is 16.6. The lowest BCUT2D eigenvalue weighted by Gasteiger charge is -2.26. The fourth-order valence-electron chi connectivity index (χ4n) is 7.09. The largest absolute Gasteiger partial charge is 0.481 e. The molecule has 0 saturated carbocycles. The number of hydrogen-bond donors (Lipinski definition) is 3. The van der Waals surface area contributed by atoms with Gasteiger partial charge in [0, 0.05) is 48.3 Å². The summed E-state index contributed by atoms with van der Waals surface area (Å²) >= 11 is 0. The molecule has 0 radical (unpaired) electrons. The van der Waals surface area contributed by atoms with Gasteiger partial charge in [-0.05, 0) is 105 Å². The van der Waals surface area contributed by atoms with E-state index in [4.69, 9.17) is 28.8 Å². The minimum absolute atomic E-state index is 0.0147. The van der Waals surface area contributed by atoms with E-state index in [1.54, 1.807) is 18.3 Å². The number of carbonyl (C=O) groups excluding carboxylic acids is 2. The number of aliphatic carboxylic acids is 1. The van der Waals surface area contributed by atoms with Gasteiger partial charge in [0.15, 0.2) is 0 Å². The smallest absolute Gasteiger partial charge is 0.305 e. The Morgan fingerprint density at radius 1 is 0.733 bits per heavy atom. The third kappa shape index (κ3) is 14.8. The number of ether oxygens (including phenoxy) is 5. The quantitative estimate of drug-likeness (QED) is 0.0525. The molecule has 2 amide bonds. The molecule has 0 bridgehead atoms. The van der Waals surface area contributed by atoms with Crippen molar-refractivity contribution in [2.45, 2.75) is 58.4 Å². The standard InChI is InChI=1S/C47H60N4O9/c1-3-51(4-2)39-17-18-43(41(34-39)44-33-38(19-21-48-44)47(55)49-42-16-8-13-36-12-5-6-15-40(36)42)50-46(54)37-14-7-10-35(32-37)11-9-22-56-24-26-58-28-30-60-31-29-59-27-25-57-23-20-45(52)53/h5-7,10,12,14-15,17-19,21,32-34,42H,3-4,8-9,11,13,16,20,22-31H2,1-2H3,(H,49,55)(H,50,54)(H,52,53). The van der Waals surface area contributed by atoms with Gasteiger partial charge in [-0.3, -0.25) is 19.4 Å². The van der Waals surface area contributed by atoms with Gasteiger partial charge in [0.25, 0.3) is 11.8 Å². The zero-order chi connectivity index (χ0) is 42.4. The monoisotopic (exact) mass is 824 g/mol. The molecule has 0 spiro atoms. The van der Waals surface area contributed by atoms with E-state index in [0.29, 0.717) is 82.0 Å². The first-order chi connectivity index (χ1) is 29.4. The van der Waals surface area contributed by atoms with Gasteiger partial charge in [0.05, 0.1) is 83.3 Å². The summed E-state index contributed by atoms with van der Waals surface area (Å²) in [6.07, 6.45) is 6.12. The zero-order valence-corrected chi connectivity index (χ0v) is 35.0. The average molecular weight is 825 g/mol. The summed E-state index contributed by atoms with van der Waals surface area (Å²) in [6, 6.07) is 25.4. The number of aromatic nitrogens is 1. The van der Waals surface area contributed by atoms with E-state index in [2.05, 4.69) is 46.5 Å². The SMILES string of the molecule is CCN(CC)c1ccc(NC(=O)c2cccc(CCCOCCOCCOCCOCCOCCC(=O)O)c2)c(-c2cc(C(=O)NC3CCCc4ccccc43)ccn2)c1. The number of carboxylic acids is 1. The van der Waals surface area contributed by atoms with Crippen LogP contribution < -0.4 is 15.5 Å². The van der Waals surface area contributed by atoms with Crippen molar-refractivity contribution >= 4 is 29.2 Å². The maximum absolute atomic E-state index is 13.7. The molecule has 1 atom stereocenters. The molecular formula is C47H60N4O9. The van der Waals surface area contributed by atoms with Crippen molar-refractivity contribution in [1.29, 1.82) is 0 Å². The molecule has 0 aliphatic heterocycles. The van der Waals surface area contributed by atoms with Gasteiger partial charge >= 0.3 is 5.97 Å². The molecule has 5 rings (SSSR count). The number of aryl methyl sites for hydroxylation is 2. The highest BCUT2D eigenvalue weighted by Gasteiger charge is 2.23. The van der Waals surface area contributed by atoms with Gasteiger partial charge in [-0.1, -0.05) is 36.4 Å². The number of nitrogens with zero attached hydrogens (tertiary/aromatic N) is 2. The van der Waals surface area contributed by atoms with E-state index in [1.165, 1.54) is 11.1 Å². The second-order valence-corrected chi connectivity index (χ2v) is 14.4. The molecule has 1 heterocycles. The van der Waals surface area contributed by atoms with Crippen LogP contribution in [0.4, 0.5) is 11.4 Å². The van der Waals surface area contributed by atoms with Crippen LogP contribution in [0.3, 0.4) is 0 Å². The number of anilines is 2. The Morgan fingerprint density at radius 3 is 2.10 bits per heavy atom. The number of nitrogens with one attached hydrogen (secondary N) is 2. The summed E-state index contributed by atoms with van der Waals surface area (Å²) in [7, 11) is 0. The molecule has 13 nitrogen and oxygen atoms in total. The lowest BCUT2D eigenvalue weighted by molar-refractivity contribution is -0.138. The van der Waals surface area contributed by atoms with Gasteiger partial charge in [-0.2, -0.15) is 0 Å². The number of carbonyl (C=O) groups is 3. The minimum Gasteiger partial charge on any atom is -0.481 e. The Kier molecular flexibility index (Phi) is 19.5. The highest BCUT2D eigenvalue weighted by Crippen LogP contribution is 2.33. The molecule has 60 heavy (non-hydrogen) atoms. The van der Waals surface area contributed by atoms with Crippen molar-refractivity contribution in [2.75, 3.05) is 89.4 Å². The van der Waals surface area contributed by atoms with E-state index >= 15 is 0 Å². The molecule has 322 valence electrons. The summed E-state index contributed by atoms with van der Waals surface area (Å²) in [5.74, 6) is -1.27. The van der Waals surface area contributed by atoms with Crippen LogP contribution in [-0.4, -0.2) is 107 Å². The Bertz CT molecular complexity index is 1950. The van der Waals surface area contributed by atoms with E-state index in [9.17, 15) is 14.4 Å². The van der Waals surface area contributed by atoms with Crippen molar-refractivity contribution in [3.8, 4) is 11.3 Å². The second-order valence-electron chi connectivity index (χ2n) is 14.4. The number of pyridine rings is 1. The van der Waals surface area contributed by atoms with Crippen LogP contribution in [0.2, 0.25) is 0 Å². The summed E-state index contributed by atoms with van der Waals surface area (Å²) in [5, 5.41) is 15.0. The van der Waals surface area contributed by atoms with Crippen molar-refractivity contribution in [3.63, 3.8) is 0 Å². The maximum atomic E-state index is 13.7. The molecule has 1 unspecified atom stereocenters. The van der Waals surface area contributed by atoms with Crippen molar-refractivity contribution in [3.05, 3.63) is 113 Å². The molecule has 13 heteroatoms. The average Bonchev–Trinajstić information content (AvgIpc) is 3.27. The molecule has 1 aliphatic carbocycles. The number of rotatable bonds is 27. The second kappa shape index (κ2) is 25.4. The fraction of sp³-hybridized carbons (Fsp3) is 0.447. The Labute approximate surface area is 353 Å². The minimum atomic E-state index is -0.882. The summed E-state index contributed by atoms with van der Waals surface area (Å²) in [6.45, 7) is 10.0.